The molecular formula is C48H35N3. The Bertz CT molecular complexity index is 2500. The summed E-state index contributed by atoms with van der Waals surface area (Å²) in [7, 11) is 0. The van der Waals surface area contributed by atoms with Crippen LogP contribution in [0.4, 0.5) is 0 Å². The molecule has 2 heterocycles. The number of hydrogen-bond donors (Lipinski definition) is 0. The van der Waals surface area contributed by atoms with Crippen LogP contribution in [0.1, 0.15) is 25.0 Å². The van der Waals surface area contributed by atoms with Crippen molar-refractivity contribution in [2.45, 2.75) is 19.3 Å². The van der Waals surface area contributed by atoms with Crippen LogP contribution >= 0.6 is 0 Å². The Kier molecular flexibility index (Phi) is 7.48. The second kappa shape index (κ2) is 12.5. The molecule has 0 fully saturated rings. The minimum absolute atomic E-state index is 0.0169. The molecule has 6 aromatic carbocycles. The summed E-state index contributed by atoms with van der Waals surface area (Å²) in [5.41, 5.74) is 17.2. The molecule has 0 saturated carbocycles. The first-order valence-corrected chi connectivity index (χ1v) is 17.4. The van der Waals surface area contributed by atoms with E-state index in [-0.39, 0.29) is 5.41 Å². The van der Waals surface area contributed by atoms with E-state index in [1.165, 1.54) is 38.9 Å². The van der Waals surface area contributed by atoms with Gasteiger partial charge >= 0.3 is 0 Å². The van der Waals surface area contributed by atoms with E-state index >= 15 is 0 Å². The second-order valence-corrected chi connectivity index (χ2v) is 13.7. The highest BCUT2D eigenvalue weighted by atomic mass is 14.9. The molecule has 0 atom stereocenters. The number of pyridine rings is 1. The lowest BCUT2D eigenvalue weighted by atomic mass is 9.82. The molecule has 9 rings (SSSR count). The summed E-state index contributed by atoms with van der Waals surface area (Å²) in [5, 5.41) is 0. The average Bonchev–Trinajstić information content (AvgIpc) is 3.44. The molecule has 3 nitrogen and oxygen atoms in total. The molecule has 0 amide bonds. The van der Waals surface area contributed by atoms with Crippen molar-refractivity contribution in [1.29, 1.82) is 0 Å². The van der Waals surface area contributed by atoms with E-state index in [0.29, 0.717) is 5.82 Å². The van der Waals surface area contributed by atoms with E-state index in [1.807, 2.05) is 42.6 Å². The van der Waals surface area contributed by atoms with Gasteiger partial charge in [-0.3, -0.25) is 4.98 Å². The van der Waals surface area contributed by atoms with Gasteiger partial charge in [0.2, 0.25) is 0 Å². The topological polar surface area (TPSA) is 38.7 Å². The molecule has 8 aromatic rings. The molecule has 2 aromatic heterocycles. The summed E-state index contributed by atoms with van der Waals surface area (Å²) >= 11 is 0. The fourth-order valence-corrected chi connectivity index (χ4v) is 7.39. The highest BCUT2D eigenvalue weighted by Gasteiger charge is 2.35. The van der Waals surface area contributed by atoms with Crippen LogP contribution in [0, 0.1) is 0 Å². The Labute approximate surface area is 299 Å². The van der Waals surface area contributed by atoms with Gasteiger partial charge in [-0.2, -0.15) is 0 Å². The minimum Gasteiger partial charge on any atom is -0.256 e. The summed E-state index contributed by atoms with van der Waals surface area (Å²) in [4.78, 5) is 14.6. The van der Waals surface area contributed by atoms with Gasteiger partial charge in [-0.1, -0.05) is 159 Å². The van der Waals surface area contributed by atoms with Crippen LogP contribution in [0.15, 0.2) is 176 Å². The van der Waals surface area contributed by atoms with Crippen LogP contribution < -0.4 is 0 Å². The van der Waals surface area contributed by atoms with E-state index < -0.39 is 0 Å². The Balaban J connectivity index is 1.01. The zero-order valence-corrected chi connectivity index (χ0v) is 28.6. The van der Waals surface area contributed by atoms with Gasteiger partial charge in [-0.25, -0.2) is 9.97 Å². The highest BCUT2D eigenvalue weighted by molar-refractivity contribution is 5.85. The highest BCUT2D eigenvalue weighted by Crippen LogP contribution is 2.49. The maximum absolute atomic E-state index is 5.04. The third-order valence-electron chi connectivity index (χ3n) is 10.2. The van der Waals surface area contributed by atoms with Crippen molar-refractivity contribution in [3.05, 3.63) is 187 Å². The van der Waals surface area contributed by atoms with Gasteiger partial charge in [0.05, 0.1) is 17.1 Å². The van der Waals surface area contributed by atoms with Crippen molar-refractivity contribution in [2.75, 3.05) is 0 Å². The van der Waals surface area contributed by atoms with Gasteiger partial charge in [-0.15, -0.1) is 0 Å². The van der Waals surface area contributed by atoms with Crippen molar-refractivity contribution in [3.8, 4) is 78.5 Å². The number of fused-ring (bicyclic) bond motifs is 3. The summed E-state index contributed by atoms with van der Waals surface area (Å²) in [5.74, 6) is 0.704. The summed E-state index contributed by atoms with van der Waals surface area (Å²) in [6.07, 6.45) is 1.82. The van der Waals surface area contributed by atoms with Crippen LogP contribution in [0.3, 0.4) is 0 Å². The van der Waals surface area contributed by atoms with Crippen LogP contribution in [-0.4, -0.2) is 15.0 Å². The maximum atomic E-state index is 5.04. The van der Waals surface area contributed by atoms with E-state index in [4.69, 9.17) is 9.97 Å². The monoisotopic (exact) mass is 653 g/mol. The number of aromatic nitrogens is 3. The summed E-state index contributed by atoms with van der Waals surface area (Å²) < 4.78 is 0. The number of benzene rings is 6. The van der Waals surface area contributed by atoms with Crippen LogP contribution in [0.5, 0.6) is 0 Å². The smallest absolute Gasteiger partial charge is 0.160 e. The lowest BCUT2D eigenvalue weighted by Gasteiger charge is -2.21. The molecule has 0 N–H and O–H groups in total. The number of nitrogens with zero attached hydrogens (tertiary/aromatic N) is 3. The molecule has 3 heteroatoms. The molecule has 0 unspecified atom stereocenters. The Morgan fingerprint density at radius 3 is 1.45 bits per heavy atom. The van der Waals surface area contributed by atoms with Gasteiger partial charge in [-0.05, 0) is 68.8 Å². The van der Waals surface area contributed by atoms with Crippen LogP contribution in [0.25, 0.3) is 78.5 Å². The SMILES string of the molecule is CC1(C)c2ccccc2-c2cc(-c3ccc(-c4ccc(-c5cc(-c6ccc(-c7ccccn7)cc6)nc(-c6ccccc6)n5)cc4)cc3)ccc21. The first kappa shape index (κ1) is 30.6. The molecular weight excluding hydrogens is 619 g/mol. The molecule has 0 spiro atoms. The van der Waals surface area contributed by atoms with E-state index in [0.717, 1.165) is 44.9 Å². The lowest BCUT2D eigenvalue weighted by Crippen LogP contribution is -2.14. The van der Waals surface area contributed by atoms with Crippen molar-refractivity contribution >= 4 is 0 Å². The minimum atomic E-state index is 0.0169. The Hall–Kier alpha value is -6.45. The molecule has 0 radical (unpaired) electrons. The predicted molar refractivity (Wildman–Crippen MR) is 210 cm³/mol. The van der Waals surface area contributed by atoms with Gasteiger partial charge < -0.3 is 0 Å². The molecule has 0 bridgehead atoms. The summed E-state index contributed by atoms with van der Waals surface area (Å²) in [6, 6.07) is 60.0. The molecule has 1 aliphatic rings. The van der Waals surface area contributed by atoms with Gasteiger partial charge in [0.1, 0.15) is 0 Å². The predicted octanol–water partition coefficient (Wildman–Crippen LogP) is 12.2. The average molecular weight is 654 g/mol. The molecule has 51 heavy (non-hydrogen) atoms. The fourth-order valence-electron chi connectivity index (χ4n) is 7.39. The Morgan fingerprint density at radius 1 is 0.353 bits per heavy atom. The second-order valence-electron chi connectivity index (χ2n) is 13.7. The van der Waals surface area contributed by atoms with Crippen LogP contribution in [-0.2, 0) is 5.41 Å². The van der Waals surface area contributed by atoms with E-state index in [2.05, 4.69) is 152 Å². The van der Waals surface area contributed by atoms with Crippen molar-refractivity contribution in [3.63, 3.8) is 0 Å². The maximum Gasteiger partial charge on any atom is 0.160 e. The van der Waals surface area contributed by atoms with Crippen molar-refractivity contribution in [2.24, 2.45) is 0 Å². The molecule has 0 saturated heterocycles. The third kappa shape index (κ3) is 5.63. The normalized spacial score (nSPS) is 12.7. The van der Waals surface area contributed by atoms with Crippen molar-refractivity contribution < 1.29 is 0 Å². The van der Waals surface area contributed by atoms with E-state index in [9.17, 15) is 0 Å². The molecule has 242 valence electrons. The van der Waals surface area contributed by atoms with Crippen LogP contribution in [0.2, 0.25) is 0 Å². The first-order chi connectivity index (χ1) is 25.0. The number of hydrogen-bond acceptors (Lipinski definition) is 3. The van der Waals surface area contributed by atoms with Gasteiger partial charge in [0.25, 0.3) is 0 Å². The number of rotatable bonds is 6. The quantitative estimate of drug-likeness (QED) is 0.179. The standard InChI is InChI=1S/C48H35N3/c1-48(2)42-13-7-6-12-40(42)41-30-39(27-28-43(41)48)34-17-15-32(16-18-34)33-19-21-36(22-20-33)45-31-46(51-47(50-45)38-10-4-3-5-11-38)37-25-23-35(24-26-37)44-14-8-9-29-49-44/h3-31H,1-2H3. The largest absolute Gasteiger partial charge is 0.256 e. The first-order valence-electron chi connectivity index (χ1n) is 17.4. The Morgan fingerprint density at radius 2 is 0.843 bits per heavy atom. The molecule has 1 aliphatic carbocycles. The van der Waals surface area contributed by atoms with Crippen molar-refractivity contribution in [1.82, 2.24) is 15.0 Å². The van der Waals surface area contributed by atoms with Gasteiger partial charge in [0, 0.05) is 33.9 Å². The zero-order valence-electron chi connectivity index (χ0n) is 28.6. The van der Waals surface area contributed by atoms with E-state index in [1.54, 1.807) is 0 Å². The lowest BCUT2D eigenvalue weighted by molar-refractivity contribution is 0.660. The van der Waals surface area contributed by atoms with Gasteiger partial charge in [0.15, 0.2) is 5.82 Å². The zero-order chi connectivity index (χ0) is 34.4. The fraction of sp³-hybridized carbons (Fsp3) is 0.0625. The third-order valence-corrected chi connectivity index (χ3v) is 10.2. The molecule has 0 aliphatic heterocycles. The summed E-state index contributed by atoms with van der Waals surface area (Å²) in [6.45, 7) is 4.65.